The predicted molar refractivity (Wildman–Crippen MR) is 74.9 cm³/mol. The van der Waals surface area contributed by atoms with E-state index in [1.54, 1.807) is 36.4 Å². The zero-order valence-electron chi connectivity index (χ0n) is 10.4. The molecule has 0 atom stereocenters. The third-order valence-electron chi connectivity index (χ3n) is 2.65. The summed E-state index contributed by atoms with van der Waals surface area (Å²) in [6.45, 7) is 0. The lowest BCUT2D eigenvalue weighted by atomic mass is 10.1. The van der Waals surface area contributed by atoms with Crippen molar-refractivity contribution in [2.45, 2.75) is 4.90 Å². The molecule has 2 aromatic carbocycles. The van der Waals surface area contributed by atoms with Crippen molar-refractivity contribution in [3.63, 3.8) is 0 Å². The van der Waals surface area contributed by atoms with Gasteiger partial charge in [0.05, 0.1) is 4.90 Å². The molecule has 0 saturated carbocycles. The van der Waals surface area contributed by atoms with Crippen LogP contribution in [0.2, 0.25) is 0 Å². The van der Waals surface area contributed by atoms with Crippen LogP contribution in [0.4, 0.5) is 4.39 Å². The van der Waals surface area contributed by atoms with E-state index >= 15 is 0 Å². The van der Waals surface area contributed by atoms with Gasteiger partial charge in [0.1, 0.15) is 5.82 Å². The topological polar surface area (TPSA) is 34.1 Å². The van der Waals surface area contributed by atoms with Crippen LogP contribution in [0.25, 0.3) is 12.2 Å². The van der Waals surface area contributed by atoms with Gasteiger partial charge in [0.25, 0.3) is 0 Å². The summed E-state index contributed by atoms with van der Waals surface area (Å²) in [5, 5.41) is 0. The van der Waals surface area contributed by atoms with Gasteiger partial charge >= 0.3 is 0 Å². The van der Waals surface area contributed by atoms with E-state index in [4.69, 9.17) is 0 Å². The fourth-order valence-corrected chi connectivity index (χ4v) is 2.22. The molecule has 2 aromatic rings. The van der Waals surface area contributed by atoms with Crippen LogP contribution in [0.5, 0.6) is 0 Å². The van der Waals surface area contributed by atoms with Crippen LogP contribution >= 0.6 is 0 Å². The molecule has 0 aliphatic heterocycles. The van der Waals surface area contributed by atoms with Crippen molar-refractivity contribution >= 4 is 22.0 Å². The van der Waals surface area contributed by atoms with Crippen molar-refractivity contribution < 1.29 is 12.8 Å². The van der Waals surface area contributed by atoms with Crippen LogP contribution < -0.4 is 0 Å². The first kappa shape index (κ1) is 13.5. The molecule has 0 radical (unpaired) electrons. The summed E-state index contributed by atoms with van der Waals surface area (Å²) in [6.07, 6.45) is 4.87. The standard InChI is InChI=1S/C15H13FO2S/c1-19(17,18)15-10-6-13(7-11-15)3-2-12-4-8-14(16)9-5-12/h2-11H,1H3. The summed E-state index contributed by atoms with van der Waals surface area (Å²) in [6, 6.07) is 12.7. The molecule has 0 aliphatic carbocycles. The average Bonchev–Trinajstić information content (AvgIpc) is 2.37. The molecule has 0 heterocycles. The number of sulfone groups is 1. The van der Waals surface area contributed by atoms with E-state index in [2.05, 4.69) is 0 Å². The van der Waals surface area contributed by atoms with Crippen LogP contribution in [-0.4, -0.2) is 14.7 Å². The number of hydrogen-bond donors (Lipinski definition) is 0. The Morgan fingerprint density at radius 2 is 1.26 bits per heavy atom. The fourth-order valence-electron chi connectivity index (χ4n) is 1.59. The van der Waals surface area contributed by atoms with Gasteiger partial charge in [-0.05, 0) is 35.4 Å². The molecule has 0 bridgehead atoms. The van der Waals surface area contributed by atoms with Crippen molar-refractivity contribution in [1.82, 2.24) is 0 Å². The molecular formula is C15H13FO2S. The Hall–Kier alpha value is -1.94. The maximum absolute atomic E-state index is 12.7. The summed E-state index contributed by atoms with van der Waals surface area (Å²) < 4.78 is 35.3. The normalized spacial score (nSPS) is 11.9. The minimum Gasteiger partial charge on any atom is -0.224 e. The number of halogens is 1. The van der Waals surface area contributed by atoms with Gasteiger partial charge in [0, 0.05) is 6.26 Å². The molecule has 98 valence electrons. The number of rotatable bonds is 3. The van der Waals surface area contributed by atoms with E-state index in [1.807, 2.05) is 12.2 Å². The Kier molecular flexibility index (Phi) is 3.81. The third kappa shape index (κ3) is 3.76. The Bertz CT molecular complexity index is 684. The van der Waals surface area contributed by atoms with Crippen LogP contribution in [0.15, 0.2) is 53.4 Å². The SMILES string of the molecule is CS(=O)(=O)c1ccc(C=Cc2ccc(F)cc2)cc1. The molecule has 19 heavy (non-hydrogen) atoms. The summed E-state index contributed by atoms with van der Waals surface area (Å²) in [5.74, 6) is -0.269. The molecule has 0 aliphatic rings. The zero-order valence-corrected chi connectivity index (χ0v) is 11.2. The van der Waals surface area contributed by atoms with Crippen molar-refractivity contribution in [2.75, 3.05) is 6.26 Å². The molecule has 4 heteroatoms. The van der Waals surface area contributed by atoms with Gasteiger partial charge in [-0.15, -0.1) is 0 Å². The van der Waals surface area contributed by atoms with Crippen molar-refractivity contribution in [2.24, 2.45) is 0 Å². The molecular weight excluding hydrogens is 263 g/mol. The van der Waals surface area contributed by atoms with E-state index in [0.29, 0.717) is 4.90 Å². The molecule has 0 N–H and O–H groups in total. The van der Waals surface area contributed by atoms with E-state index in [0.717, 1.165) is 11.1 Å². The predicted octanol–water partition coefficient (Wildman–Crippen LogP) is 3.40. The van der Waals surface area contributed by atoms with Crippen LogP contribution in [-0.2, 0) is 9.84 Å². The third-order valence-corrected chi connectivity index (χ3v) is 3.77. The average molecular weight is 276 g/mol. The minimum atomic E-state index is -3.16. The van der Waals surface area contributed by atoms with Gasteiger partial charge in [-0.3, -0.25) is 0 Å². The van der Waals surface area contributed by atoms with Gasteiger partial charge in [-0.1, -0.05) is 36.4 Å². The van der Waals surface area contributed by atoms with E-state index < -0.39 is 9.84 Å². The highest BCUT2D eigenvalue weighted by molar-refractivity contribution is 7.90. The lowest BCUT2D eigenvalue weighted by Crippen LogP contribution is -1.95. The summed E-state index contributed by atoms with van der Waals surface area (Å²) in [4.78, 5) is 0.298. The minimum absolute atomic E-state index is 0.269. The summed E-state index contributed by atoms with van der Waals surface area (Å²) in [5.41, 5.74) is 1.77. The van der Waals surface area contributed by atoms with E-state index in [1.165, 1.54) is 18.4 Å². The van der Waals surface area contributed by atoms with Gasteiger partial charge in [-0.2, -0.15) is 0 Å². The van der Waals surface area contributed by atoms with E-state index in [-0.39, 0.29) is 5.82 Å². The summed E-state index contributed by atoms with van der Waals surface area (Å²) >= 11 is 0. The summed E-state index contributed by atoms with van der Waals surface area (Å²) in [7, 11) is -3.16. The fraction of sp³-hybridized carbons (Fsp3) is 0.0667. The Morgan fingerprint density at radius 1 is 0.842 bits per heavy atom. The maximum Gasteiger partial charge on any atom is 0.175 e. The molecule has 0 unspecified atom stereocenters. The van der Waals surface area contributed by atoms with Crippen molar-refractivity contribution in [3.8, 4) is 0 Å². The smallest absolute Gasteiger partial charge is 0.175 e. The molecule has 0 spiro atoms. The Morgan fingerprint density at radius 3 is 1.68 bits per heavy atom. The van der Waals surface area contributed by atoms with Crippen LogP contribution in [0.3, 0.4) is 0 Å². The van der Waals surface area contributed by atoms with Crippen molar-refractivity contribution in [1.29, 1.82) is 0 Å². The Labute approximate surface area is 112 Å². The second-order valence-corrected chi connectivity index (χ2v) is 6.24. The molecule has 0 fully saturated rings. The van der Waals surface area contributed by atoms with Gasteiger partial charge < -0.3 is 0 Å². The van der Waals surface area contributed by atoms with Gasteiger partial charge in [0.15, 0.2) is 9.84 Å². The molecule has 0 saturated heterocycles. The zero-order chi connectivity index (χ0) is 13.9. The second-order valence-electron chi connectivity index (χ2n) is 4.23. The van der Waals surface area contributed by atoms with Crippen molar-refractivity contribution in [3.05, 3.63) is 65.5 Å². The largest absolute Gasteiger partial charge is 0.224 e. The highest BCUT2D eigenvalue weighted by Gasteiger charge is 2.04. The lowest BCUT2D eigenvalue weighted by Gasteiger charge is -1.99. The number of benzene rings is 2. The first-order valence-electron chi connectivity index (χ1n) is 5.69. The molecule has 0 aromatic heterocycles. The number of hydrogen-bond acceptors (Lipinski definition) is 2. The van der Waals surface area contributed by atoms with Gasteiger partial charge in [-0.25, -0.2) is 12.8 Å². The first-order chi connectivity index (χ1) is 8.95. The van der Waals surface area contributed by atoms with Crippen LogP contribution in [0, 0.1) is 5.82 Å². The molecule has 0 amide bonds. The van der Waals surface area contributed by atoms with Crippen LogP contribution in [0.1, 0.15) is 11.1 Å². The second kappa shape index (κ2) is 5.36. The highest BCUT2D eigenvalue weighted by Crippen LogP contribution is 2.13. The molecule has 2 nitrogen and oxygen atoms in total. The quantitative estimate of drug-likeness (QED) is 0.805. The molecule has 2 rings (SSSR count). The first-order valence-corrected chi connectivity index (χ1v) is 7.58. The maximum atomic E-state index is 12.7. The lowest BCUT2D eigenvalue weighted by molar-refractivity contribution is 0.602. The Balaban J connectivity index is 2.18. The monoisotopic (exact) mass is 276 g/mol. The highest BCUT2D eigenvalue weighted by atomic mass is 32.2. The van der Waals surface area contributed by atoms with Gasteiger partial charge in [0.2, 0.25) is 0 Å². The van der Waals surface area contributed by atoms with E-state index in [9.17, 15) is 12.8 Å².